The van der Waals surface area contributed by atoms with E-state index in [0.717, 1.165) is 13.1 Å². The summed E-state index contributed by atoms with van der Waals surface area (Å²) in [5.41, 5.74) is 0. The van der Waals surface area contributed by atoms with Crippen LogP contribution in [0.2, 0.25) is 0 Å². The fourth-order valence-corrected chi connectivity index (χ4v) is 3.42. The van der Waals surface area contributed by atoms with Gasteiger partial charge in [-0.25, -0.2) is 0 Å². The first-order chi connectivity index (χ1) is 7.99. The summed E-state index contributed by atoms with van der Waals surface area (Å²) in [4.78, 5) is 24.2. The molecule has 1 amide bonds. The SMILES string of the molecule is CC1CN(C(=O)CCCCC(=O)O)CC(C)S1. The summed E-state index contributed by atoms with van der Waals surface area (Å²) < 4.78 is 0. The molecule has 0 aromatic rings. The Morgan fingerprint density at radius 3 is 2.24 bits per heavy atom. The molecule has 1 aliphatic rings. The number of carbonyl (C=O) groups excluding carboxylic acids is 1. The second kappa shape index (κ2) is 6.89. The molecule has 4 nitrogen and oxygen atoms in total. The number of aliphatic carboxylic acids is 1. The highest BCUT2D eigenvalue weighted by Gasteiger charge is 2.25. The molecule has 1 saturated heterocycles. The van der Waals surface area contributed by atoms with Crippen molar-refractivity contribution in [2.45, 2.75) is 50.0 Å². The van der Waals surface area contributed by atoms with Crippen molar-refractivity contribution in [3.05, 3.63) is 0 Å². The first kappa shape index (κ1) is 14.4. The Morgan fingerprint density at radius 1 is 1.18 bits per heavy atom. The maximum absolute atomic E-state index is 11.9. The smallest absolute Gasteiger partial charge is 0.303 e. The van der Waals surface area contributed by atoms with Crippen LogP contribution in [-0.2, 0) is 9.59 Å². The normalized spacial score (nSPS) is 24.7. The number of carbonyl (C=O) groups is 2. The van der Waals surface area contributed by atoms with E-state index in [0.29, 0.717) is 29.8 Å². The Kier molecular flexibility index (Phi) is 5.82. The molecule has 0 spiro atoms. The number of hydrogen-bond acceptors (Lipinski definition) is 3. The molecule has 5 heteroatoms. The van der Waals surface area contributed by atoms with Crippen LogP contribution in [0.1, 0.15) is 39.5 Å². The molecule has 17 heavy (non-hydrogen) atoms. The van der Waals surface area contributed by atoms with Crippen LogP contribution >= 0.6 is 11.8 Å². The van der Waals surface area contributed by atoms with Gasteiger partial charge in [-0.3, -0.25) is 9.59 Å². The first-order valence-corrected chi connectivity index (χ1v) is 7.08. The van der Waals surface area contributed by atoms with Gasteiger partial charge in [0.15, 0.2) is 0 Å². The van der Waals surface area contributed by atoms with Gasteiger partial charge >= 0.3 is 5.97 Å². The van der Waals surface area contributed by atoms with Crippen molar-refractivity contribution in [1.29, 1.82) is 0 Å². The maximum atomic E-state index is 11.9. The number of thioether (sulfide) groups is 1. The molecule has 0 bridgehead atoms. The standard InChI is InChI=1S/C12H21NO3S/c1-9-7-13(8-10(2)17-9)11(14)5-3-4-6-12(15)16/h9-10H,3-8H2,1-2H3,(H,15,16). The van der Waals surface area contributed by atoms with E-state index in [1.165, 1.54) is 0 Å². The van der Waals surface area contributed by atoms with Gasteiger partial charge in [0, 0.05) is 36.4 Å². The number of amides is 1. The Labute approximate surface area is 107 Å². The van der Waals surface area contributed by atoms with Crippen LogP contribution in [0, 0.1) is 0 Å². The third-order valence-corrected chi connectivity index (χ3v) is 4.03. The van der Waals surface area contributed by atoms with E-state index in [2.05, 4.69) is 13.8 Å². The Hall–Kier alpha value is -0.710. The third-order valence-electron chi connectivity index (χ3n) is 2.80. The minimum absolute atomic E-state index is 0.163. The number of nitrogens with zero attached hydrogens (tertiary/aromatic N) is 1. The molecule has 1 heterocycles. The fraction of sp³-hybridized carbons (Fsp3) is 0.833. The molecular formula is C12H21NO3S. The Balaban J connectivity index is 2.24. The van der Waals surface area contributed by atoms with Crippen LogP contribution in [0.3, 0.4) is 0 Å². The van der Waals surface area contributed by atoms with Crippen LogP contribution in [0.5, 0.6) is 0 Å². The topological polar surface area (TPSA) is 57.6 Å². The largest absolute Gasteiger partial charge is 0.481 e. The number of hydrogen-bond donors (Lipinski definition) is 1. The highest BCUT2D eigenvalue weighted by Crippen LogP contribution is 2.25. The Morgan fingerprint density at radius 2 is 1.71 bits per heavy atom. The second-order valence-corrected chi connectivity index (χ2v) is 6.54. The van der Waals surface area contributed by atoms with Gasteiger partial charge in [0.2, 0.25) is 5.91 Å². The molecule has 0 aromatic carbocycles. The summed E-state index contributed by atoms with van der Waals surface area (Å²) in [6, 6.07) is 0. The lowest BCUT2D eigenvalue weighted by Crippen LogP contribution is -2.43. The van der Waals surface area contributed by atoms with Crippen LogP contribution in [0.4, 0.5) is 0 Å². The summed E-state index contributed by atoms with van der Waals surface area (Å²) in [5.74, 6) is -0.608. The van der Waals surface area contributed by atoms with Crippen molar-refractivity contribution < 1.29 is 14.7 Å². The van der Waals surface area contributed by atoms with E-state index in [1.54, 1.807) is 0 Å². The van der Waals surface area contributed by atoms with E-state index in [9.17, 15) is 9.59 Å². The summed E-state index contributed by atoms with van der Waals surface area (Å²) in [6.45, 7) is 5.94. The first-order valence-electron chi connectivity index (χ1n) is 6.14. The third kappa shape index (κ3) is 5.44. The lowest BCUT2D eigenvalue weighted by atomic mass is 10.1. The number of carboxylic acid groups (broad SMARTS) is 1. The van der Waals surface area contributed by atoms with E-state index >= 15 is 0 Å². The van der Waals surface area contributed by atoms with Gasteiger partial charge in [-0.1, -0.05) is 13.8 Å². The molecule has 2 unspecified atom stereocenters. The van der Waals surface area contributed by atoms with Gasteiger partial charge in [0.1, 0.15) is 0 Å². The van der Waals surface area contributed by atoms with E-state index in [4.69, 9.17) is 5.11 Å². The van der Waals surface area contributed by atoms with Gasteiger partial charge < -0.3 is 10.0 Å². The average molecular weight is 259 g/mol. The van der Waals surface area contributed by atoms with Crippen molar-refractivity contribution in [2.75, 3.05) is 13.1 Å². The quantitative estimate of drug-likeness (QED) is 0.767. The van der Waals surface area contributed by atoms with Gasteiger partial charge in [0.05, 0.1) is 0 Å². The molecule has 2 atom stereocenters. The van der Waals surface area contributed by atoms with Crippen molar-refractivity contribution >= 4 is 23.6 Å². The van der Waals surface area contributed by atoms with Crippen molar-refractivity contribution in [3.8, 4) is 0 Å². The van der Waals surface area contributed by atoms with Crippen LogP contribution in [-0.4, -0.2) is 45.5 Å². The zero-order valence-corrected chi connectivity index (χ0v) is 11.3. The molecule has 0 saturated carbocycles. The maximum Gasteiger partial charge on any atom is 0.303 e. The minimum Gasteiger partial charge on any atom is -0.481 e. The molecule has 0 aromatic heterocycles. The summed E-state index contributed by atoms with van der Waals surface area (Å²) >= 11 is 1.92. The molecule has 0 aliphatic carbocycles. The highest BCUT2D eigenvalue weighted by molar-refractivity contribution is 8.00. The van der Waals surface area contributed by atoms with E-state index in [1.807, 2.05) is 16.7 Å². The lowest BCUT2D eigenvalue weighted by Gasteiger charge is -2.34. The zero-order chi connectivity index (χ0) is 12.8. The molecule has 1 fully saturated rings. The monoisotopic (exact) mass is 259 g/mol. The molecule has 1 aliphatic heterocycles. The predicted octanol–water partition coefficient (Wildman–Crippen LogP) is 1.98. The van der Waals surface area contributed by atoms with Gasteiger partial charge in [-0.15, -0.1) is 0 Å². The van der Waals surface area contributed by atoms with Gasteiger partial charge in [-0.2, -0.15) is 11.8 Å². The predicted molar refractivity (Wildman–Crippen MR) is 69.2 cm³/mol. The highest BCUT2D eigenvalue weighted by atomic mass is 32.2. The lowest BCUT2D eigenvalue weighted by molar-refractivity contribution is -0.137. The average Bonchev–Trinajstić information content (AvgIpc) is 2.22. The molecule has 0 radical (unpaired) electrons. The summed E-state index contributed by atoms with van der Waals surface area (Å²) in [5, 5.41) is 9.50. The molecule has 1 N–H and O–H groups in total. The van der Waals surface area contributed by atoms with Gasteiger partial charge in [0.25, 0.3) is 0 Å². The minimum atomic E-state index is -0.783. The zero-order valence-electron chi connectivity index (χ0n) is 10.5. The van der Waals surface area contributed by atoms with Gasteiger partial charge in [-0.05, 0) is 12.8 Å². The number of carboxylic acids is 1. The molecular weight excluding hydrogens is 238 g/mol. The van der Waals surface area contributed by atoms with Crippen molar-refractivity contribution in [3.63, 3.8) is 0 Å². The Bertz CT molecular complexity index is 273. The van der Waals surface area contributed by atoms with Crippen molar-refractivity contribution in [2.24, 2.45) is 0 Å². The summed E-state index contributed by atoms with van der Waals surface area (Å²) in [6.07, 6.45) is 1.92. The fourth-order valence-electron chi connectivity index (χ4n) is 2.09. The summed E-state index contributed by atoms with van der Waals surface area (Å²) in [7, 11) is 0. The van der Waals surface area contributed by atoms with E-state index in [-0.39, 0.29) is 12.3 Å². The molecule has 98 valence electrons. The number of unbranched alkanes of at least 4 members (excludes halogenated alkanes) is 1. The van der Waals surface area contributed by atoms with Crippen LogP contribution < -0.4 is 0 Å². The molecule has 1 rings (SSSR count). The van der Waals surface area contributed by atoms with Crippen LogP contribution in [0.25, 0.3) is 0 Å². The van der Waals surface area contributed by atoms with Crippen LogP contribution in [0.15, 0.2) is 0 Å². The second-order valence-electron chi connectivity index (χ2n) is 4.66. The van der Waals surface area contributed by atoms with E-state index < -0.39 is 5.97 Å². The van der Waals surface area contributed by atoms with Crippen molar-refractivity contribution in [1.82, 2.24) is 4.90 Å². The number of rotatable bonds is 5.